The van der Waals surface area contributed by atoms with Crippen LogP contribution in [0.15, 0.2) is 34.9 Å². The highest BCUT2D eigenvalue weighted by Crippen LogP contribution is 2.23. The molecule has 2 heterocycles. The highest BCUT2D eigenvalue weighted by molar-refractivity contribution is 9.10. The molecule has 0 aliphatic rings. The first kappa shape index (κ1) is 9.12. The average molecular weight is 283 g/mol. The van der Waals surface area contributed by atoms with E-state index in [2.05, 4.69) is 26.0 Å². The second-order valence-electron chi connectivity index (χ2n) is 3.16. The van der Waals surface area contributed by atoms with E-state index in [1.165, 1.54) is 0 Å². The molecule has 0 aliphatic heterocycles. The van der Waals surface area contributed by atoms with E-state index in [9.17, 15) is 0 Å². The lowest BCUT2D eigenvalue weighted by atomic mass is 10.2. The van der Waals surface area contributed by atoms with Gasteiger partial charge in [-0.3, -0.25) is 0 Å². The van der Waals surface area contributed by atoms with Crippen molar-refractivity contribution in [2.24, 2.45) is 0 Å². The number of halogens is 2. The highest BCUT2D eigenvalue weighted by atomic mass is 79.9. The molecule has 15 heavy (non-hydrogen) atoms. The van der Waals surface area contributed by atoms with Gasteiger partial charge < -0.3 is 0 Å². The summed E-state index contributed by atoms with van der Waals surface area (Å²) >= 11 is 9.34. The molecule has 3 nitrogen and oxygen atoms in total. The first-order valence-electron chi connectivity index (χ1n) is 4.35. The van der Waals surface area contributed by atoms with E-state index in [0.717, 1.165) is 21.0 Å². The molecule has 0 spiro atoms. The van der Waals surface area contributed by atoms with Gasteiger partial charge in [0.15, 0.2) is 0 Å². The van der Waals surface area contributed by atoms with Crippen LogP contribution >= 0.6 is 27.5 Å². The van der Waals surface area contributed by atoms with Crippen LogP contribution in [0.5, 0.6) is 0 Å². The predicted octanol–water partition coefficient (Wildman–Crippen LogP) is 3.30. The van der Waals surface area contributed by atoms with Gasteiger partial charge in [-0.1, -0.05) is 18.2 Å². The van der Waals surface area contributed by atoms with Crippen molar-refractivity contribution in [2.45, 2.75) is 0 Å². The fourth-order valence-electron chi connectivity index (χ4n) is 1.62. The van der Waals surface area contributed by atoms with Crippen molar-refractivity contribution in [3.05, 3.63) is 40.2 Å². The van der Waals surface area contributed by atoms with Gasteiger partial charge in [0.2, 0.25) is 5.28 Å². The lowest BCUT2D eigenvalue weighted by Gasteiger charge is -2.00. The summed E-state index contributed by atoms with van der Waals surface area (Å²) in [6.45, 7) is 0. The van der Waals surface area contributed by atoms with E-state index in [4.69, 9.17) is 11.6 Å². The molecule has 0 radical (unpaired) electrons. The van der Waals surface area contributed by atoms with Crippen molar-refractivity contribution in [3.8, 4) is 0 Å². The minimum absolute atomic E-state index is 0.370. The number of hydrogen-bond donors (Lipinski definition) is 0. The monoisotopic (exact) mass is 281 g/mol. The Hall–Kier alpha value is -1.13. The van der Waals surface area contributed by atoms with Crippen molar-refractivity contribution in [1.82, 2.24) is 14.6 Å². The number of aromatic nitrogens is 3. The summed E-state index contributed by atoms with van der Waals surface area (Å²) in [6.07, 6.45) is 0. The molecule has 0 aliphatic carbocycles. The Morgan fingerprint density at radius 1 is 1.27 bits per heavy atom. The number of fused-ring (bicyclic) bond motifs is 3. The van der Waals surface area contributed by atoms with E-state index in [1.54, 1.807) is 4.52 Å². The molecule has 5 heteroatoms. The predicted molar refractivity (Wildman–Crippen MR) is 63.2 cm³/mol. The number of rotatable bonds is 0. The number of nitrogens with zero attached hydrogens (tertiary/aromatic N) is 3. The van der Waals surface area contributed by atoms with Crippen molar-refractivity contribution >= 4 is 44.0 Å². The molecule has 0 atom stereocenters. The normalized spacial score (nSPS) is 11.3. The van der Waals surface area contributed by atoms with Gasteiger partial charge in [0.05, 0.1) is 11.0 Å². The summed E-state index contributed by atoms with van der Waals surface area (Å²) in [5.74, 6) is 0. The number of benzene rings is 1. The maximum atomic E-state index is 6.02. The van der Waals surface area contributed by atoms with Crippen LogP contribution in [-0.4, -0.2) is 14.6 Å². The maximum absolute atomic E-state index is 6.02. The topological polar surface area (TPSA) is 30.2 Å². The van der Waals surface area contributed by atoms with Gasteiger partial charge in [0.1, 0.15) is 4.60 Å². The van der Waals surface area contributed by atoms with Crippen LogP contribution in [0, 0.1) is 0 Å². The second kappa shape index (κ2) is 3.18. The molecule has 0 amide bonds. The summed E-state index contributed by atoms with van der Waals surface area (Å²) in [6, 6.07) is 9.77. The molecular formula is C10H5BrClN3. The van der Waals surface area contributed by atoms with Crippen LogP contribution in [0.25, 0.3) is 16.4 Å². The van der Waals surface area contributed by atoms with Gasteiger partial charge in [-0.15, -0.1) is 0 Å². The first-order valence-corrected chi connectivity index (χ1v) is 5.52. The lowest BCUT2D eigenvalue weighted by molar-refractivity contribution is 0.923. The van der Waals surface area contributed by atoms with Gasteiger partial charge in [0.25, 0.3) is 0 Å². The Kier molecular flexibility index (Phi) is 1.94. The second-order valence-corrected chi connectivity index (χ2v) is 4.31. The largest absolute Gasteiger partial charge is 0.224 e. The van der Waals surface area contributed by atoms with Crippen LogP contribution in [-0.2, 0) is 0 Å². The van der Waals surface area contributed by atoms with Crippen LogP contribution in [0.4, 0.5) is 0 Å². The zero-order chi connectivity index (χ0) is 10.4. The standard InChI is InChI=1S/C10H5BrClN3/c11-9-5-8-6-3-1-2-4-7(6)13-10(12)15(8)14-9/h1-5H. The summed E-state index contributed by atoms with van der Waals surface area (Å²) in [5, 5.41) is 5.61. The number of para-hydroxylation sites is 1. The van der Waals surface area contributed by atoms with Crippen LogP contribution < -0.4 is 0 Å². The molecule has 0 saturated carbocycles. The molecule has 0 unspecified atom stereocenters. The Labute approximate surface area is 98.8 Å². The zero-order valence-electron chi connectivity index (χ0n) is 7.48. The van der Waals surface area contributed by atoms with Gasteiger partial charge >= 0.3 is 0 Å². The van der Waals surface area contributed by atoms with Gasteiger partial charge in [-0.05, 0) is 39.7 Å². The molecule has 74 valence electrons. The summed E-state index contributed by atoms with van der Waals surface area (Å²) in [4.78, 5) is 4.26. The molecule has 0 fully saturated rings. The zero-order valence-corrected chi connectivity index (χ0v) is 9.83. The minimum Gasteiger partial charge on any atom is -0.218 e. The van der Waals surface area contributed by atoms with Gasteiger partial charge in [-0.25, -0.2) is 9.50 Å². The third-order valence-electron chi connectivity index (χ3n) is 2.25. The Morgan fingerprint density at radius 3 is 2.93 bits per heavy atom. The SMILES string of the molecule is Clc1nc2ccccc2c2cc(Br)nn12. The molecule has 0 saturated heterocycles. The van der Waals surface area contributed by atoms with Crippen molar-refractivity contribution in [2.75, 3.05) is 0 Å². The maximum Gasteiger partial charge on any atom is 0.224 e. The van der Waals surface area contributed by atoms with Crippen LogP contribution in [0.3, 0.4) is 0 Å². The molecule has 3 aromatic rings. The minimum atomic E-state index is 0.370. The van der Waals surface area contributed by atoms with E-state index in [0.29, 0.717) is 5.28 Å². The molecule has 3 rings (SSSR count). The third-order valence-corrected chi connectivity index (χ3v) is 2.88. The van der Waals surface area contributed by atoms with Crippen LogP contribution in [0.1, 0.15) is 0 Å². The van der Waals surface area contributed by atoms with Crippen molar-refractivity contribution in [3.63, 3.8) is 0 Å². The van der Waals surface area contributed by atoms with Gasteiger partial charge in [0, 0.05) is 5.39 Å². The van der Waals surface area contributed by atoms with E-state index < -0.39 is 0 Å². The smallest absolute Gasteiger partial charge is 0.218 e. The molecule has 0 N–H and O–H groups in total. The summed E-state index contributed by atoms with van der Waals surface area (Å²) in [7, 11) is 0. The molecule has 2 aromatic heterocycles. The van der Waals surface area contributed by atoms with Crippen molar-refractivity contribution in [1.29, 1.82) is 0 Å². The lowest BCUT2D eigenvalue weighted by Crippen LogP contribution is -1.93. The fraction of sp³-hybridized carbons (Fsp3) is 0. The Morgan fingerprint density at radius 2 is 2.07 bits per heavy atom. The quantitative estimate of drug-likeness (QED) is 0.592. The molecule has 0 bridgehead atoms. The number of hydrogen-bond acceptors (Lipinski definition) is 2. The third kappa shape index (κ3) is 1.33. The summed E-state index contributed by atoms with van der Waals surface area (Å²) in [5.41, 5.74) is 1.83. The Balaban J connectivity index is 2.63. The summed E-state index contributed by atoms with van der Waals surface area (Å²) < 4.78 is 2.37. The average Bonchev–Trinajstić information content (AvgIpc) is 2.61. The van der Waals surface area contributed by atoms with Gasteiger partial charge in [-0.2, -0.15) is 5.10 Å². The highest BCUT2D eigenvalue weighted by Gasteiger charge is 2.08. The van der Waals surface area contributed by atoms with E-state index >= 15 is 0 Å². The van der Waals surface area contributed by atoms with E-state index in [-0.39, 0.29) is 0 Å². The molecular weight excluding hydrogens is 277 g/mol. The Bertz CT molecular complexity index is 662. The van der Waals surface area contributed by atoms with Crippen LogP contribution in [0.2, 0.25) is 5.28 Å². The van der Waals surface area contributed by atoms with E-state index in [1.807, 2.05) is 30.3 Å². The molecule has 1 aromatic carbocycles. The first-order chi connectivity index (χ1) is 7.25. The fourth-order valence-corrected chi connectivity index (χ4v) is 2.21. The van der Waals surface area contributed by atoms with Crippen molar-refractivity contribution < 1.29 is 0 Å².